The lowest BCUT2D eigenvalue weighted by atomic mass is 9.90. The molecule has 0 bridgehead atoms. The van der Waals surface area contributed by atoms with Gasteiger partial charge >= 0.3 is 6.09 Å². The molecule has 9 heteroatoms. The molecule has 29 heavy (non-hydrogen) atoms. The van der Waals surface area contributed by atoms with Crippen LogP contribution in [0.25, 0.3) is 10.6 Å². The molecule has 3 rings (SSSR count). The van der Waals surface area contributed by atoms with Crippen molar-refractivity contribution in [2.75, 3.05) is 13.1 Å². The van der Waals surface area contributed by atoms with Gasteiger partial charge in [-0.3, -0.25) is 9.48 Å². The quantitative estimate of drug-likeness (QED) is 0.821. The van der Waals surface area contributed by atoms with Crippen molar-refractivity contribution in [1.29, 1.82) is 0 Å². The van der Waals surface area contributed by atoms with E-state index >= 15 is 0 Å². The molecule has 3 heterocycles. The predicted molar refractivity (Wildman–Crippen MR) is 112 cm³/mol. The Kier molecular flexibility index (Phi) is 6.26. The van der Waals surface area contributed by atoms with Crippen LogP contribution in [-0.2, 0) is 11.8 Å². The molecular formula is C20H29N5O3S. The maximum absolute atomic E-state index is 13.2. The first kappa shape index (κ1) is 21.3. The maximum Gasteiger partial charge on any atom is 0.407 e. The molecule has 1 aliphatic rings. The minimum atomic E-state index is -0.554. The van der Waals surface area contributed by atoms with Gasteiger partial charge in [0.25, 0.3) is 5.91 Å². The van der Waals surface area contributed by atoms with Crippen LogP contribution >= 0.6 is 11.3 Å². The van der Waals surface area contributed by atoms with E-state index in [0.29, 0.717) is 18.8 Å². The lowest BCUT2D eigenvalue weighted by Crippen LogP contribution is -2.53. The molecule has 2 atom stereocenters. The Morgan fingerprint density at radius 2 is 2.14 bits per heavy atom. The molecule has 1 aliphatic heterocycles. The molecule has 0 spiro atoms. The third kappa shape index (κ3) is 5.35. The number of rotatable bonds is 4. The highest BCUT2D eigenvalue weighted by atomic mass is 32.1. The molecule has 158 valence electrons. The zero-order valence-corrected chi connectivity index (χ0v) is 18.5. The van der Waals surface area contributed by atoms with E-state index in [1.54, 1.807) is 16.3 Å². The number of alkyl carbamates (subject to hydrolysis) is 1. The average Bonchev–Trinajstić information content (AvgIpc) is 3.27. The summed E-state index contributed by atoms with van der Waals surface area (Å²) < 4.78 is 7.04. The number of hydrogen-bond acceptors (Lipinski definition) is 6. The monoisotopic (exact) mass is 419 g/mol. The highest BCUT2D eigenvalue weighted by Gasteiger charge is 2.34. The number of piperidine rings is 1. The van der Waals surface area contributed by atoms with Crippen LogP contribution in [0.2, 0.25) is 0 Å². The van der Waals surface area contributed by atoms with Gasteiger partial charge in [0, 0.05) is 37.3 Å². The van der Waals surface area contributed by atoms with Crippen molar-refractivity contribution >= 4 is 23.3 Å². The summed E-state index contributed by atoms with van der Waals surface area (Å²) in [4.78, 5) is 31.6. The number of nitrogens with one attached hydrogen (secondary N) is 1. The van der Waals surface area contributed by atoms with Crippen LogP contribution in [-0.4, -0.2) is 56.4 Å². The second kappa shape index (κ2) is 8.52. The summed E-state index contributed by atoms with van der Waals surface area (Å²) >= 11 is 1.43. The van der Waals surface area contributed by atoms with E-state index in [1.807, 2.05) is 38.9 Å². The van der Waals surface area contributed by atoms with Crippen LogP contribution in [0.15, 0.2) is 17.8 Å². The lowest BCUT2D eigenvalue weighted by Gasteiger charge is -2.39. The molecule has 2 amide bonds. The van der Waals surface area contributed by atoms with Crippen LogP contribution in [0.4, 0.5) is 4.79 Å². The van der Waals surface area contributed by atoms with Gasteiger partial charge in [0.1, 0.15) is 16.3 Å². The number of hydrogen-bond donors (Lipinski definition) is 1. The SMILES string of the molecule is C[C@H]1CCCN(C(=O)c2csc(-c3cnn(C)c3)n2)[C@H]1CNC(=O)OC(C)(C)C. The largest absolute Gasteiger partial charge is 0.444 e. The molecular weight excluding hydrogens is 390 g/mol. The highest BCUT2D eigenvalue weighted by Crippen LogP contribution is 2.27. The first-order valence-electron chi connectivity index (χ1n) is 9.86. The second-order valence-corrected chi connectivity index (χ2v) is 9.37. The average molecular weight is 420 g/mol. The number of aryl methyl sites for hydroxylation is 1. The summed E-state index contributed by atoms with van der Waals surface area (Å²) in [6.07, 6.45) is 5.11. The zero-order chi connectivity index (χ0) is 21.2. The predicted octanol–water partition coefficient (Wildman–Crippen LogP) is 3.31. The number of carbonyl (C=O) groups excluding carboxylic acids is 2. The van der Waals surface area contributed by atoms with Crippen molar-refractivity contribution in [1.82, 2.24) is 25.0 Å². The number of amides is 2. The molecule has 0 aliphatic carbocycles. The highest BCUT2D eigenvalue weighted by molar-refractivity contribution is 7.13. The van der Waals surface area contributed by atoms with E-state index in [2.05, 4.69) is 22.3 Å². The summed E-state index contributed by atoms with van der Waals surface area (Å²) in [6.45, 7) is 8.61. The Labute approximate surface area is 175 Å². The topological polar surface area (TPSA) is 89.4 Å². The molecule has 0 radical (unpaired) electrons. The number of aromatic nitrogens is 3. The summed E-state index contributed by atoms with van der Waals surface area (Å²) in [5.41, 5.74) is 0.776. The van der Waals surface area contributed by atoms with Gasteiger partial charge in [-0.2, -0.15) is 5.10 Å². The molecule has 1 fully saturated rings. The van der Waals surface area contributed by atoms with Crippen LogP contribution in [0.3, 0.4) is 0 Å². The number of carbonyl (C=O) groups is 2. The van der Waals surface area contributed by atoms with E-state index in [-0.39, 0.29) is 17.9 Å². The molecule has 2 aromatic heterocycles. The molecule has 1 saturated heterocycles. The second-order valence-electron chi connectivity index (χ2n) is 8.51. The maximum atomic E-state index is 13.2. The number of nitrogens with zero attached hydrogens (tertiary/aromatic N) is 4. The van der Waals surface area contributed by atoms with Crippen LogP contribution in [0, 0.1) is 5.92 Å². The fourth-order valence-electron chi connectivity index (χ4n) is 3.50. The van der Waals surface area contributed by atoms with E-state index in [1.165, 1.54) is 11.3 Å². The smallest absolute Gasteiger partial charge is 0.407 e. The van der Waals surface area contributed by atoms with E-state index in [0.717, 1.165) is 23.4 Å². The summed E-state index contributed by atoms with van der Waals surface area (Å²) in [6, 6.07) is -0.0905. The third-order valence-electron chi connectivity index (χ3n) is 4.91. The van der Waals surface area contributed by atoms with Crippen LogP contribution < -0.4 is 5.32 Å². The Morgan fingerprint density at radius 1 is 1.38 bits per heavy atom. The van der Waals surface area contributed by atoms with Crippen molar-refractivity contribution in [3.8, 4) is 10.6 Å². The number of thiazole rings is 1. The van der Waals surface area contributed by atoms with Gasteiger partial charge in [0.2, 0.25) is 0 Å². The molecule has 0 unspecified atom stereocenters. The van der Waals surface area contributed by atoms with Gasteiger partial charge in [0.05, 0.1) is 12.2 Å². The van der Waals surface area contributed by atoms with Gasteiger partial charge in [-0.1, -0.05) is 6.92 Å². The van der Waals surface area contributed by atoms with Crippen molar-refractivity contribution < 1.29 is 14.3 Å². The fourth-order valence-corrected chi connectivity index (χ4v) is 4.27. The molecule has 0 saturated carbocycles. The van der Waals surface area contributed by atoms with Gasteiger partial charge in [-0.25, -0.2) is 9.78 Å². The first-order chi connectivity index (χ1) is 13.6. The molecule has 0 aromatic carbocycles. The minimum absolute atomic E-state index is 0.0905. The number of ether oxygens (including phenoxy) is 1. The van der Waals surface area contributed by atoms with E-state index in [4.69, 9.17) is 4.74 Å². The summed E-state index contributed by atoms with van der Waals surface area (Å²) in [7, 11) is 1.85. The Bertz CT molecular complexity index is 870. The standard InChI is InChI=1S/C20H29N5O3S/c1-13-7-6-8-25(16(13)10-21-19(27)28-20(2,3)4)18(26)15-12-29-17(23-15)14-9-22-24(5)11-14/h9,11-13,16H,6-8,10H2,1-5H3,(H,21,27)/t13-,16-/m0/s1. The van der Waals surface area contributed by atoms with E-state index < -0.39 is 11.7 Å². The normalized spacial score (nSPS) is 19.8. The van der Waals surface area contributed by atoms with Gasteiger partial charge in [-0.05, 0) is 39.5 Å². The van der Waals surface area contributed by atoms with Crippen molar-refractivity contribution in [2.45, 2.75) is 52.2 Å². The van der Waals surface area contributed by atoms with E-state index in [9.17, 15) is 9.59 Å². The fraction of sp³-hybridized carbons (Fsp3) is 0.600. The van der Waals surface area contributed by atoms with Crippen LogP contribution in [0.5, 0.6) is 0 Å². The zero-order valence-electron chi connectivity index (χ0n) is 17.6. The van der Waals surface area contributed by atoms with Crippen molar-refractivity contribution in [2.24, 2.45) is 13.0 Å². The first-order valence-corrected chi connectivity index (χ1v) is 10.7. The van der Waals surface area contributed by atoms with Crippen molar-refractivity contribution in [3.63, 3.8) is 0 Å². The summed E-state index contributed by atoms with van der Waals surface area (Å²) in [5, 5.41) is 9.55. The Hall–Kier alpha value is -2.42. The third-order valence-corrected chi connectivity index (χ3v) is 5.80. The Balaban J connectivity index is 1.70. The molecule has 1 N–H and O–H groups in total. The van der Waals surface area contributed by atoms with Crippen molar-refractivity contribution in [3.05, 3.63) is 23.5 Å². The lowest BCUT2D eigenvalue weighted by molar-refractivity contribution is 0.0405. The van der Waals surface area contributed by atoms with Gasteiger partial charge in [0.15, 0.2) is 0 Å². The molecule has 8 nitrogen and oxygen atoms in total. The van der Waals surface area contributed by atoms with Gasteiger partial charge < -0.3 is 15.0 Å². The Morgan fingerprint density at radius 3 is 2.79 bits per heavy atom. The number of likely N-dealkylation sites (tertiary alicyclic amines) is 1. The summed E-state index contributed by atoms with van der Waals surface area (Å²) in [5.74, 6) is 0.179. The minimum Gasteiger partial charge on any atom is -0.444 e. The van der Waals surface area contributed by atoms with Gasteiger partial charge in [-0.15, -0.1) is 11.3 Å². The van der Waals surface area contributed by atoms with Crippen LogP contribution in [0.1, 0.15) is 51.0 Å². The molecule has 2 aromatic rings.